The number of nitrogens with one attached hydrogen (secondary N) is 1. The molecule has 2 N–H and O–H groups in total. The Hall–Kier alpha value is -1.50. The summed E-state index contributed by atoms with van der Waals surface area (Å²) >= 11 is 0. The van der Waals surface area contributed by atoms with Crippen molar-refractivity contribution in [3.8, 4) is 0 Å². The van der Waals surface area contributed by atoms with Crippen LogP contribution in [0.2, 0.25) is 0 Å². The summed E-state index contributed by atoms with van der Waals surface area (Å²) in [6.45, 7) is 4.42. The van der Waals surface area contributed by atoms with Crippen molar-refractivity contribution in [1.82, 2.24) is 20.3 Å². The second-order valence-corrected chi connectivity index (χ2v) is 7.88. The number of hydrogen-bond acceptors (Lipinski definition) is 5. The molecular weight excluding hydrogens is 304 g/mol. The van der Waals surface area contributed by atoms with E-state index in [1.807, 2.05) is 6.07 Å². The molecule has 0 unspecified atom stereocenters. The monoisotopic (exact) mass is 330 g/mol. The Bertz CT molecular complexity index is 650. The van der Waals surface area contributed by atoms with Crippen molar-refractivity contribution >= 4 is 5.91 Å². The van der Waals surface area contributed by atoms with Crippen molar-refractivity contribution in [2.45, 2.75) is 44.7 Å². The molecule has 3 aliphatic rings. The quantitative estimate of drug-likeness (QED) is 0.634. The second kappa shape index (κ2) is 6.10. The number of rotatable bonds is 2. The number of hydrogen-bond donors (Lipinski definition) is 2. The lowest BCUT2D eigenvalue weighted by Gasteiger charge is -2.34. The normalized spacial score (nSPS) is 30.7. The van der Waals surface area contributed by atoms with Gasteiger partial charge in [0.1, 0.15) is 0 Å². The number of carbonyl (C=O) groups excluding carboxylic acids is 1. The molecule has 1 spiro atoms. The maximum atomic E-state index is 11.5. The van der Waals surface area contributed by atoms with Gasteiger partial charge in [-0.05, 0) is 62.7 Å². The molecule has 1 saturated heterocycles. The molecule has 0 aromatic carbocycles. The van der Waals surface area contributed by atoms with Gasteiger partial charge in [-0.15, -0.1) is 0 Å². The first-order chi connectivity index (χ1) is 11.6. The molecule has 4 rings (SSSR count). The Balaban J connectivity index is 1.44. The Morgan fingerprint density at radius 1 is 1.42 bits per heavy atom. The first kappa shape index (κ1) is 16.0. The van der Waals surface area contributed by atoms with Crippen LogP contribution in [0.1, 0.15) is 47.3 Å². The highest BCUT2D eigenvalue weighted by Crippen LogP contribution is 2.47. The summed E-state index contributed by atoms with van der Waals surface area (Å²) in [4.78, 5) is 21.1. The number of likely N-dealkylation sites (tertiary alicyclic amines) is 1. The molecule has 0 radical (unpaired) electrons. The zero-order valence-corrected chi connectivity index (χ0v) is 14.3. The minimum atomic E-state index is -0.490. The van der Waals surface area contributed by atoms with Crippen molar-refractivity contribution in [3.05, 3.63) is 29.1 Å². The summed E-state index contributed by atoms with van der Waals surface area (Å²) < 4.78 is 0. The van der Waals surface area contributed by atoms with Crippen LogP contribution in [0, 0.1) is 5.41 Å². The molecule has 130 valence electrons. The van der Waals surface area contributed by atoms with Crippen LogP contribution in [0.15, 0.2) is 12.3 Å². The maximum absolute atomic E-state index is 11.5. The van der Waals surface area contributed by atoms with Crippen LogP contribution in [0.4, 0.5) is 0 Å². The Morgan fingerprint density at radius 3 is 3.04 bits per heavy atom. The molecule has 1 aromatic rings. The summed E-state index contributed by atoms with van der Waals surface area (Å²) in [7, 11) is 2.24. The van der Waals surface area contributed by atoms with Gasteiger partial charge in [-0.3, -0.25) is 19.9 Å². The van der Waals surface area contributed by atoms with Gasteiger partial charge < -0.3 is 4.90 Å². The largest absolute Gasteiger partial charge is 0.306 e. The van der Waals surface area contributed by atoms with Gasteiger partial charge in [0.2, 0.25) is 0 Å². The standard InChI is InChI=1S/C18H26N4O2/c1-21-7-5-18(12-21)4-2-15(9-18)22-6-3-13-8-14(17(23)20-24)10-19-16(13)11-22/h8,10,15,24H,2-7,9,11-12H2,1H3,(H,20,23)/t15-,18-/m0/s1. The predicted molar refractivity (Wildman–Crippen MR) is 89.8 cm³/mol. The van der Waals surface area contributed by atoms with E-state index in [9.17, 15) is 4.79 Å². The maximum Gasteiger partial charge on any atom is 0.276 e. The fraction of sp³-hybridized carbons (Fsp3) is 0.667. The average molecular weight is 330 g/mol. The van der Waals surface area contributed by atoms with E-state index in [4.69, 9.17) is 5.21 Å². The van der Waals surface area contributed by atoms with Gasteiger partial charge in [0, 0.05) is 31.9 Å². The number of hydroxylamine groups is 1. The fourth-order valence-electron chi connectivity index (χ4n) is 4.95. The van der Waals surface area contributed by atoms with Crippen LogP contribution in [0.5, 0.6) is 0 Å². The second-order valence-electron chi connectivity index (χ2n) is 7.88. The minimum absolute atomic E-state index is 0.429. The molecule has 2 fully saturated rings. The number of aromatic nitrogens is 1. The number of nitrogens with zero attached hydrogens (tertiary/aromatic N) is 3. The van der Waals surface area contributed by atoms with Gasteiger partial charge in [0.05, 0.1) is 11.3 Å². The SMILES string of the molecule is CN1CC[C@]2(CC[C@H](N3CCc4cc(C(=O)NO)cnc4C3)C2)C1. The van der Waals surface area contributed by atoms with Gasteiger partial charge in [-0.1, -0.05) is 0 Å². The smallest absolute Gasteiger partial charge is 0.276 e. The summed E-state index contributed by atoms with van der Waals surface area (Å²) in [5, 5.41) is 8.76. The lowest BCUT2D eigenvalue weighted by molar-refractivity contribution is 0.0705. The molecule has 6 nitrogen and oxygen atoms in total. The van der Waals surface area contributed by atoms with E-state index in [2.05, 4.69) is 21.8 Å². The highest BCUT2D eigenvalue weighted by molar-refractivity contribution is 5.93. The topological polar surface area (TPSA) is 68.7 Å². The minimum Gasteiger partial charge on any atom is -0.306 e. The van der Waals surface area contributed by atoms with E-state index in [1.54, 1.807) is 11.7 Å². The number of pyridine rings is 1. The van der Waals surface area contributed by atoms with Gasteiger partial charge in [0.25, 0.3) is 5.91 Å². The average Bonchev–Trinajstić information content (AvgIpc) is 3.19. The molecule has 3 heterocycles. The number of amides is 1. The van der Waals surface area contributed by atoms with Gasteiger partial charge in [0.15, 0.2) is 0 Å². The van der Waals surface area contributed by atoms with E-state index < -0.39 is 5.91 Å². The lowest BCUT2D eigenvalue weighted by atomic mass is 9.85. The molecule has 1 saturated carbocycles. The van der Waals surface area contributed by atoms with E-state index in [1.165, 1.54) is 38.8 Å². The summed E-state index contributed by atoms with van der Waals surface area (Å²) in [6.07, 6.45) is 7.82. The number of fused-ring (bicyclic) bond motifs is 1. The van der Waals surface area contributed by atoms with Crippen LogP contribution in [0.25, 0.3) is 0 Å². The van der Waals surface area contributed by atoms with Crippen LogP contribution in [-0.2, 0) is 13.0 Å². The molecule has 1 aromatic heterocycles. The molecule has 6 heteroatoms. The molecular formula is C18H26N4O2. The number of carbonyl (C=O) groups is 1. The third-order valence-electron chi connectivity index (χ3n) is 6.27. The first-order valence-electron chi connectivity index (χ1n) is 8.93. The van der Waals surface area contributed by atoms with Crippen molar-refractivity contribution in [3.63, 3.8) is 0 Å². The Morgan fingerprint density at radius 2 is 2.29 bits per heavy atom. The zero-order chi connectivity index (χ0) is 16.7. The van der Waals surface area contributed by atoms with Gasteiger partial charge in [-0.25, -0.2) is 5.48 Å². The third kappa shape index (κ3) is 2.83. The summed E-state index contributed by atoms with van der Waals surface area (Å²) in [6, 6.07) is 2.54. The highest BCUT2D eigenvalue weighted by atomic mass is 16.5. The van der Waals surface area contributed by atoms with E-state index >= 15 is 0 Å². The van der Waals surface area contributed by atoms with Crippen LogP contribution >= 0.6 is 0 Å². The van der Waals surface area contributed by atoms with Crippen molar-refractivity contribution in [2.75, 3.05) is 26.7 Å². The van der Waals surface area contributed by atoms with Crippen LogP contribution < -0.4 is 5.48 Å². The predicted octanol–water partition coefficient (Wildman–Crippen LogP) is 1.43. The van der Waals surface area contributed by atoms with E-state index in [-0.39, 0.29) is 0 Å². The van der Waals surface area contributed by atoms with Crippen LogP contribution in [-0.4, -0.2) is 58.6 Å². The molecule has 2 atom stereocenters. The van der Waals surface area contributed by atoms with Gasteiger partial charge >= 0.3 is 0 Å². The molecule has 24 heavy (non-hydrogen) atoms. The molecule has 0 bridgehead atoms. The van der Waals surface area contributed by atoms with Crippen molar-refractivity contribution in [1.29, 1.82) is 0 Å². The first-order valence-corrected chi connectivity index (χ1v) is 8.93. The fourth-order valence-corrected chi connectivity index (χ4v) is 4.95. The molecule has 1 aliphatic carbocycles. The Labute approximate surface area is 142 Å². The zero-order valence-electron chi connectivity index (χ0n) is 14.3. The molecule has 2 aliphatic heterocycles. The summed E-state index contributed by atoms with van der Waals surface area (Å²) in [5.74, 6) is -0.490. The molecule has 1 amide bonds. The van der Waals surface area contributed by atoms with E-state index in [0.717, 1.165) is 30.8 Å². The Kier molecular flexibility index (Phi) is 4.06. The summed E-state index contributed by atoms with van der Waals surface area (Å²) in [5.41, 5.74) is 4.88. The highest BCUT2D eigenvalue weighted by Gasteiger charge is 2.44. The van der Waals surface area contributed by atoms with Crippen molar-refractivity contribution < 1.29 is 10.0 Å². The van der Waals surface area contributed by atoms with Gasteiger partial charge in [-0.2, -0.15) is 0 Å². The third-order valence-corrected chi connectivity index (χ3v) is 6.27. The van der Waals surface area contributed by atoms with E-state index in [0.29, 0.717) is 17.0 Å². The van der Waals surface area contributed by atoms with Crippen molar-refractivity contribution in [2.24, 2.45) is 5.41 Å². The van der Waals surface area contributed by atoms with Crippen LogP contribution in [0.3, 0.4) is 0 Å². The lowest BCUT2D eigenvalue weighted by Crippen LogP contribution is -2.39.